The lowest BCUT2D eigenvalue weighted by Gasteiger charge is -2.33. The number of carbonyl (C=O) groups excluding carboxylic acids is 1. The zero-order valence-corrected chi connectivity index (χ0v) is 15.7. The number of esters is 1. The lowest BCUT2D eigenvalue weighted by Crippen LogP contribution is -2.28. The topological polar surface area (TPSA) is 46.5 Å². The number of aryl methyl sites for hydroxylation is 1. The fourth-order valence-corrected chi connectivity index (χ4v) is 3.81. The summed E-state index contributed by atoms with van der Waals surface area (Å²) in [4.78, 5) is 11.6. The second-order valence-electron chi connectivity index (χ2n) is 7.42. The predicted molar refractivity (Wildman–Crippen MR) is 101 cm³/mol. The summed E-state index contributed by atoms with van der Waals surface area (Å²) in [5.41, 5.74) is 3.26. The minimum Gasteiger partial charge on any atom is -0.462 e. The first-order valence-corrected chi connectivity index (χ1v) is 9.57. The molecular weight excluding hydrogens is 312 g/mol. The van der Waals surface area contributed by atoms with E-state index in [4.69, 9.17) is 4.74 Å². The van der Waals surface area contributed by atoms with Gasteiger partial charge in [0.2, 0.25) is 0 Å². The predicted octanol–water partition coefficient (Wildman–Crippen LogP) is 4.64. The van der Waals surface area contributed by atoms with Gasteiger partial charge in [-0.1, -0.05) is 44.2 Å². The molecule has 0 radical (unpaired) electrons. The summed E-state index contributed by atoms with van der Waals surface area (Å²) in [6, 6.07) is 9.10. The van der Waals surface area contributed by atoms with E-state index < -0.39 is 0 Å². The number of benzene rings is 1. The van der Waals surface area contributed by atoms with E-state index in [1.807, 2.05) is 0 Å². The largest absolute Gasteiger partial charge is 0.462 e. The van der Waals surface area contributed by atoms with Crippen LogP contribution in [0.5, 0.6) is 0 Å². The van der Waals surface area contributed by atoms with Crippen LogP contribution in [0, 0.1) is 11.8 Å². The molecule has 1 aliphatic rings. The summed E-state index contributed by atoms with van der Waals surface area (Å²) < 4.78 is 5.26. The molecule has 0 saturated heterocycles. The van der Waals surface area contributed by atoms with E-state index in [1.54, 1.807) is 6.92 Å². The summed E-state index contributed by atoms with van der Waals surface area (Å²) in [5, 5.41) is 9.68. The Bertz CT molecular complexity index is 553. The van der Waals surface area contributed by atoms with Crippen LogP contribution in [0.3, 0.4) is 0 Å². The molecule has 0 bridgehead atoms. The van der Waals surface area contributed by atoms with Crippen LogP contribution in [0.25, 0.3) is 0 Å². The van der Waals surface area contributed by atoms with Gasteiger partial charge < -0.3 is 9.84 Å². The molecule has 1 aliphatic carbocycles. The van der Waals surface area contributed by atoms with Crippen molar-refractivity contribution in [2.45, 2.75) is 58.3 Å². The van der Waals surface area contributed by atoms with Gasteiger partial charge in [-0.3, -0.25) is 0 Å². The van der Waals surface area contributed by atoms with Gasteiger partial charge in [-0.2, -0.15) is 0 Å². The first kappa shape index (κ1) is 19.7. The van der Waals surface area contributed by atoms with Crippen LogP contribution < -0.4 is 0 Å². The van der Waals surface area contributed by atoms with Crippen molar-refractivity contribution in [1.82, 2.24) is 0 Å². The monoisotopic (exact) mass is 344 g/mol. The van der Waals surface area contributed by atoms with Crippen LogP contribution in [-0.2, 0) is 16.0 Å². The zero-order chi connectivity index (χ0) is 18.2. The fourth-order valence-electron chi connectivity index (χ4n) is 3.81. The molecule has 3 heteroatoms. The van der Waals surface area contributed by atoms with Crippen molar-refractivity contribution in [3.63, 3.8) is 0 Å². The molecule has 0 heterocycles. The maximum absolute atomic E-state index is 11.6. The molecule has 1 unspecified atom stereocenters. The molecule has 138 valence electrons. The first-order valence-electron chi connectivity index (χ1n) is 9.57. The Balaban J connectivity index is 1.84. The maximum atomic E-state index is 11.6. The molecule has 25 heavy (non-hydrogen) atoms. The van der Waals surface area contributed by atoms with Gasteiger partial charge in [0.05, 0.1) is 6.61 Å². The lowest BCUT2D eigenvalue weighted by atomic mass is 9.74. The van der Waals surface area contributed by atoms with Crippen molar-refractivity contribution >= 4 is 5.97 Å². The van der Waals surface area contributed by atoms with Gasteiger partial charge in [0, 0.05) is 18.1 Å². The summed E-state index contributed by atoms with van der Waals surface area (Å²) in [5.74, 6) is 0.721. The van der Waals surface area contributed by atoms with Crippen LogP contribution in [0.1, 0.15) is 63.0 Å². The third-order valence-corrected chi connectivity index (χ3v) is 5.44. The van der Waals surface area contributed by atoms with E-state index in [2.05, 4.69) is 37.8 Å². The normalized spacial score (nSPS) is 21.6. The molecule has 1 N–H and O–H groups in total. The third-order valence-electron chi connectivity index (χ3n) is 5.44. The Labute approximate surface area is 152 Å². The number of ether oxygens (including phenoxy) is 1. The summed E-state index contributed by atoms with van der Waals surface area (Å²) >= 11 is 0. The van der Waals surface area contributed by atoms with E-state index in [9.17, 15) is 9.90 Å². The molecule has 1 fully saturated rings. The molecular formula is C22H32O3. The van der Waals surface area contributed by atoms with Crippen LogP contribution >= 0.6 is 0 Å². The molecule has 1 aromatic carbocycles. The number of aliphatic hydroxyl groups is 1. The van der Waals surface area contributed by atoms with Crippen molar-refractivity contribution in [3.8, 4) is 0 Å². The zero-order valence-electron chi connectivity index (χ0n) is 15.7. The fraction of sp³-hybridized carbons (Fsp3) is 0.591. The molecule has 0 spiro atoms. The number of hydrogen-bond donors (Lipinski definition) is 1. The van der Waals surface area contributed by atoms with Crippen molar-refractivity contribution < 1.29 is 14.6 Å². The summed E-state index contributed by atoms with van der Waals surface area (Å²) in [6.45, 7) is 7.82. The molecule has 0 amide bonds. The third kappa shape index (κ3) is 5.71. The lowest BCUT2D eigenvalue weighted by molar-refractivity contribution is -0.141. The van der Waals surface area contributed by atoms with Crippen LogP contribution in [-0.4, -0.2) is 24.3 Å². The number of carbonyl (C=O) groups is 1. The molecule has 1 saturated carbocycles. The Morgan fingerprint density at radius 3 is 2.40 bits per heavy atom. The van der Waals surface area contributed by atoms with Gasteiger partial charge >= 0.3 is 5.97 Å². The van der Waals surface area contributed by atoms with Crippen molar-refractivity contribution in [3.05, 3.63) is 47.5 Å². The first-order chi connectivity index (χ1) is 12.0. The number of hydrogen-bond acceptors (Lipinski definition) is 3. The van der Waals surface area contributed by atoms with Gasteiger partial charge in [-0.15, -0.1) is 0 Å². The highest BCUT2D eigenvalue weighted by molar-refractivity contribution is 5.86. The molecule has 1 aromatic rings. The highest BCUT2D eigenvalue weighted by Gasteiger charge is 2.28. The second kappa shape index (κ2) is 9.76. The van der Waals surface area contributed by atoms with Gasteiger partial charge in [0.25, 0.3) is 0 Å². The summed E-state index contributed by atoms with van der Waals surface area (Å²) in [6.07, 6.45) is 6.77. The maximum Gasteiger partial charge on any atom is 0.333 e. The standard InChI is InChI=1S/C22H32O3/c1-4-5-17-6-8-18(9-7-17)19-10-12-20(13-11-19)21(14-23)15-25-22(24)16(2)3/h6-9,19-21,23H,2,4-5,10-15H2,1,3H3. The Kier molecular flexibility index (Phi) is 7.70. The minimum absolute atomic E-state index is 0.0381. The van der Waals surface area contributed by atoms with Crippen molar-refractivity contribution in [2.24, 2.45) is 11.8 Å². The highest BCUT2D eigenvalue weighted by Crippen LogP contribution is 2.39. The van der Waals surface area contributed by atoms with Gasteiger partial charge in [0.1, 0.15) is 0 Å². The van der Waals surface area contributed by atoms with Crippen LogP contribution in [0.2, 0.25) is 0 Å². The number of rotatable bonds is 8. The van der Waals surface area contributed by atoms with Crippen LogP contribution in [0.4, 0.5) is 0 Å². The van der Waals surface area contributed by atoms with Crippen molar-refractivity contribution in [1.29, 1.82) is 0 Å². The van der Waals surface area contributed by atoms with Crippen LogP contribution in [0.15, 0.2) is 36.4 Å². The minimum atomic E-state index is -0.362. The quantitative estimate of drug-likeness (QED) is 0.552. The molecule has 1 atom stereocenters. The van der Waals surface area contributed by atoms with Gasteiger partial charge in [-0.25, -0.2) is 4.79 Å². The average molecular weight is 344 g/mol. The molecule has 0 aliphatic heterocycles. The second-order valence-corrected chi connectivity index (χ2v) is 7.42. The van der Waals surface area contributed by atoms with Gasteiger partial charge in [-0.05, 0) is 62.0 Å². The summed E-state index contributed by atoms with van der Waals surface area (Å²) in [7, 11) is 0. The van der Waals surface area contributed by atoms with E-state index in [-0.39, 0.29) is 18.5 Å². The van der Waals surface area contributed by atoms with Crippen molar-refractivity contribution in [2.75, 3.05) is 13.2 Å². The highest BCUT2D eigenvalue weighted by atomic mass is 16.5. The Hall–Kier alpha value is -1.61. The smallest absolute Gasteiger partial charge is 0.333 e. The Morgan fingerprint density at radius 2 is 1.88 bits per heavy atom. The molecule has 0 aromatic heterocycles. The van der Waals surface area contributed by atoms with E-state index in [0.717, 1.165) is 32.1 Å². The van der Waals surface area contributed by atoms with E-state index in [0.29, 0.717) is 24.0 Å². The molecule has 3 nitrogen and oxygen atoms in total. The molecule has 2 rings (SSSR count). The van der Waals surface area contributed by atoms with Gasteiger partial charge in [0.15, 0.2) is 0 Å². The SMILES string of the molecule is C=C(C)C(=O)OCC(CO)C1CCC(c2ccc(CCC)cc2)CC1. The Morgan fingerprint density at radius 1 is 1.24 bits per heavy atom. The van der Waals surface area contributed by atoms with E-state index >= 15 is 0 Å². The average Bonchev–Trinajstić information content (AvgIpc) is 2.63. The van der Waals surface area contributed by atoms with E-state index in [1.165, 1.54) is 17.5 Å². The number of aliphatic hydroxyl groups excluding tert-OH is 1.